The van der Waals surface area contributed by atoms with Gasteiger partial charge < -0.3 is 4.90 Å². The minimum absolute atomic E-state index is 0.0820. The Morgan fingerprint density at radius 2 is 1.83 bits per heavy atom. The summed E-state index contributed by atoms with van der Waals surface area (Å²) < 4.78 is 3.33. The lowest BCUT2D eigenvalue weighted by Gasteiger charge is -2.39. The molecule has 0 aromatic carbocycles. The third kappa shape index (κ3) is 4.19. The molecule has 9 heteroatoms. The summed E-state index contributed by atoms with van der Waals surface area (Å²) in [6.45, 7) is 7.20. The van der Waals surface area contributed by atoms with Gasteiger partial charge in [0.2, 0.25) is 5.95 Å². The van der Waals surface area contributed by atoms with Gasteiger partial charge in [-0.3, -0.25) is 9.69 Å². The summed E-state index contributed by atoms with van der Waals surface area (Å²) in [5, 5.41) is 8.99. The number of aromatic nitrogens is 6. The third-order valence-electron chi connectivity index (χ3n) is 5.04. The molecule has 1 aliphatic heterocycles. The largest absolute Gasteiger partial charge is 0.347 e. The van der Waals surface area contributed by atoms with Gasteiger partial charge in [-0.25, -0.2) is 19.3 Å². The van der Waals surface area contributed by atoms with E-state index < -0.39 is 0 Å². The molecule has 9 nitrogen and oxygen atoms in total. The molecule has 0 atom stereocenters. The van der Waals surface area contributed by atoms with Crippen LogP contribution in [-0.2, 0) is 13.1 Å². The maximum absolute atomic E-state index is 12.3. The molecule has 0 radical (unpaired) electrons. The summed E-state index contributed by atoms with van der Waals surface area (Å²) in [6, 6.07) is 5.29. The van der Waals surface area contributed by atoms with E-state index in [1.54, 1.807) is 21.5 Å². The lowest BCUT2D eigenvalue weighted by molar-refractivity contribution is 0.0764. The van der Waals surface area contributed by atoms with Crippen LogP contribution in [0.2, 0.25) is 0 Å². The molecule has 29 heavy (non-hydrogen) atoms. The van der Waals surface area contributed by atoms with Gasteiger partial charge in [0.25, 0.3) is 5.56 Å². The van der Waals surface area contributed by atoms with Crippen LogP contribution in [0.4, 0.5) is 5.95 Å². The van der Waals surface area contributed by atoms with Crippen molar-refractivity contribution in [1.82, 2.24) is 34.4 Å². The summed E-state index contributed by atoms with van der Waals surface area (Å²) in [4.78, 5) is 25.2. The monoisotopic (exact) mass is 394 g/mol. The van der Waals surface area contributed by atoms with Gasteiger partial charge in [-0.15, -0.1) is 5.10 Å². The molecule has 4 rings (SSSR count). The van der Waals surface area contributed by atoms with Gasteiger partial charge >= 0.3 is 0 Å². The molecule has 3 aromatic heterocycles. The van der Waals surface area contributed by atoms with Crippen LogP contribution in [0.1, 0.15) is 17.0 Å². The fourth-order valence-electron chi connectivity index (χ4n) is 3.63. The van der Waals surface area contributed by atoms with E-state index in [1.807, 2.05) is 51.3 Å². The zero-order valence-corrected chi connectivity index (χ0v) is 17.3. The van der Waals surface area contributed by atoms with Crippen LogP contribution in [0.5, 0.6) is 0 Å². The molecule has 0 saturated carbocycles. The predicted octanol–water partition coefficient (Wildman–Crippen LogP) is 1.03. The Hall–Kier alpha value is -3.07. The fourth-order valence-corrected chi connectivity index (χ4v) is 3.63. The molecular weight excluding hydrogens is 368 g/mol. The minimum Gasteiger partial charge on any atom is -0.347 e. The molecule has 0 aliphatic carbocycles. The van der Waals surface area contributed by atoms with E-state index in [9.17, 15) is 4.79 Å². The Kier molecular flexibility index (Phi) is 5.14. The van der Waals surface area contributed by atoms with Crippen molar-refractivity contribution in [3.8, 4) is 5.82 Å². The predicted molar refractivity (Wildman–Crippen MR) is 110 cm³/mol. The Morgan fingerprint density at radius 1 is 1.10 bits per heavy atom. The standard InChI is InChI=1S/C20H26N8O/c1-14-7-15(2)28(23-14)18-5-6-19(29)27(24-18)13-17-11-26(12-17)10-16-8-21-20(22-9-16)25(3)4/h5-9,17H,10-13H2,1-4H3. The van der Waals surface area contributed by atoms with Crippen LogP contribution in [0.15, 0.2) is 35.4 Å². The summed E-state index contributed by atoms with van der Waals surface area (Å²) in [6.07, 6.45) is 3.75. The zero-order valence-electron chi connectivity index (χ0n) is 17.3. The van der Waals surface area contributed by atoms with Crippen LogP contribution >= 0.6 is 0 Å². The number of aryl methyl sites for hydroxylation is 2. The first-order chi connectivity index (χ1) is 13.9. The molecule has 152 valence electrons. The van der Waals surface area contributed by atoms with Gasteiger partial charge in [-0.1, -0.05) is 0 Å². The van der Waals surface area contributed by atoms with Crippen molar-refractivity contribution >= 4 is 5.95 Å². The number of likely N-dealkylation sites (tertiary alicyclic amines) is 1. The first kappa shape index (κ1) is 19.3. The highest BCUT2D eigenvalue weighted by atomic mass is 16.1. The van der Waals surface area contributed by atoms with Crippen molar-refractivity contribution in [2.75, 3.05) is 32.1 Å². The quantitative estimate of drug-likeness (QED) is 0.617. The van der Waals surface area contributed by atoms with Gasteiger partial charge in [0.05, 0.1) is 12.2 Å². The normalized spacial score (nSPS) is 14.8. The second-order valence-corrected chi connectivity index (χ2v) is 7.90. The number of anilines is 1. The summed E-state index contributed by atoms with van der Waals surface area (Å²) >= 11 is 0. The number of hydrogen-bond acceptors (Lipinski definition) is 7. The second kappa shape index (κ2) is 7.75. The van der Waals surface area contributed by atoms with Crippen LogP contribution in [0.3, 0.4) is 0 Å². The average molecular weight is 394 g/mol. The maximum atomic E-state index is 12.3. The molecule has 4 heterocycles. The maximum Gasteiger partial charge on any atom is 0.266 e. The Morgan fingerprint density at radius 3 is 2.45 bits per heavy atom. The summed E-state index contributed by atoms with van der Waals surface area (Å²) in [7, 11) is 3.85. The van der Waals surface area contributed by atoms with Crippen molar-refractivity contribution in [1.29, 1.82) is 0 Å². The first-order valence-electron chi connectivity index (χ1n) is 9.71. The molecule has 1 fully saturated rings. The molecule has 0 bridgehead atoms. The molecule has 3 aromatic rings. The molecule has 1 aliphatic rings. The highest BCUT2D eigenvalue weighted by molar-refractivity contribution is 5.26. The Bertz CT molecular complexity index is 1050. The van der Waals surface area contributed by atoms with Crippen molar-refractivity contribution in [3.05, 3.63) is 57.9 Å². The van der Waals surface area contributed by atoms with Crippen molar-refractivity contribution in [2.24, 2.45) is 5.92 Å². The Balaban J connectivity index is 1.37. The van der Waals surface area contributed by atoms with E-state index >= 15 is 0 Å². The molecule has 0 N–H and O–H groups in total. The van der Waals surface area contributed by atoms with Gasteiger partial charge in [0, 0.05) is 69.4 Å². The first-order valence-corrected chi connectivity index (χ1v) is 9.71. The molecule has 1 saturated heterocycles. The van der Waals surface area contributed by atoms with E-state index in [1.165, 1.54) is 0 Å². The van der Waals surface area contributed by atoms with Crippen LogP contribution < -0.4 is 10.5 Å². The number of rotatable bonds is 6. The van der Waals surface area contributed by atoms with Crippen LogP contribution in [0, 0.1) is 19.8 Å². The van der Waals surface area contributed by atoms with E-state index in [-0.39, 0.29) is 5.56 Å². The second-order valence-electron chi connectivity index (χ2n) is 7.90. The summed E-state index contributed by atoms with van der Waals surface area (Å²) in [5.41, 5.74) is 2.94. The highest BCUT2D eigenvalue weighted by Gasteiger charge is 2.27. The fraction of sp³-hybridized carbons (Fsp3) is 0.450. The molecule has 0 unspecified atom stereocenters. The van der Waals surface area contributed by atoms with Crippen LogP contribution in [0.25, 0.3) is 5.82 Å². The minimum atomic E-state index is -0.0820. The van der Waals surface area contributed by atoms with Gasteiger partial charge in [-0.05, 0) is 26.0 Å². The van der Waals surface area contributed by atoms with E-state index in [0.717, 1.165) is 36.6 Å². The topological polar surface area (TPSA) is 85.0 Å². The van der Waals surface area contributed by atoms with Crippen molar-refractivity contribution in [3.63, 3.8) is 0 Å². The average Bonchev–Trinajstić information content (AvgIpc) is 3.00. The van der Waals surface area contributed by atoms with Gasteiger partial charge in [0.15, 0.2) is 5.82 Å². The van der Waals surface area contributed by atoms with Crippen LogP contribution in [-0.4, -0.2) is 61.6 Å². The number of nitrogens with zero attached hydrogens (tertiary/aromatic N) is 8. The molecular formula is C20H26N8O. The molecule has 0 amide bonds. The van der Waals surface area contributed by atoms with Crippen molar-refractivity contribution in [2.45, 2.75) is 26.9 Å². The zero-order chi connectivity index (χ0) is 20.5. The Labute approximate surface area is 169 Å². The third-order valence-corrected chi connectivity index (χ3v) is 5.04. The summed E-state index contributed by atoms with van der Waals surface area (Å²) in [5.74, 6) is 1.78. The van der Waals surface area contributed by atoms with E-state index in [0.29, 0.717) is 24.2 Å². The van der Waals surface area contributed by atoms with Gasteiger partial charge in [-0.2, -0.15) is 5.10 Å². The van der Waals surface area contributed by atoms with Gasteiger partial charge in [0.1, 0.15) is 0 Å². The lowest BCUT2D eigenvalue weighted by atomic mass is 10.00. The highest BCUT2D eigenvalue weighted by Crippen LogP contribution is 2.20. The lowest BCUT2D eigenvalue weighted by Crippen LogP contribution is -2.49. The molecule has 0 spiro atoms. The van der Waals surface area contributed by atoms with E-state index in [4.69, 9.17) is 0 Å². The van der Waals surface area contributed by atoms with Crippen molar-refractivity contribution < 1.29 is 0 Å². The SMILES string of the molecule is Cc1cc(C)n(-c2ccc(=O)n(CC3CN(Cc4cnc(N(C)C)nc4)C3)n2)n1. The smallest absolute Gasteiger partial charge is 0.266 e. The van der Waals surface area contributed by atoms with E-state index in [2.05, 4.69) is 25.1 Å². The number of hydrogen-bond donors (Lipinski definition) is 0.